The molecule has 0 N–H and O–H groups in total. The number of amides is 1. The Bertz CT molecular complexity index is 798. The number of hydrogen-bond acceptors (Lipinski definition) is 4. The quantitative estimate of drug-likeness (QED) is 0.857. The molecule has 1 aliphatic rings. The standard InChI is InChI=1S/C19H24N4O2/c1-3-18(24)22-12-4-11-21(13-14-22)17-9-10-19(25)23(20-17)16-7-5-15(2)6-8-16/h5-10H,3-4,11-14H2,1-2H3. The first-order valence-corrected chi connectivity index (χ1v) is 8.78. The van der Waals surface area contributed by atoms with E-state index >= 15 is 0 Å². The van der Waals surface area contributed by atoms with Crippen LogP contribution in [0.25, 0.3) is 5.69 Å². The van der Waals surface area contributed by atoms with Crippen LogP contribution in [-0.4, -0.2) is 46.8 Å². The van der Waals surface area contributed by atoms with E-state index in [-0.39, 0.29) is 11.5 Å². The molecular formula is C19H24N4O2. The van der Waals surface area contributed by atoms with Gasteiger partial charge >= 0.3 is 0 Å². The fourth-order valence-corrected chi connectivity index (χ4v) is 3.06. The van der Waals surface area contributed by atoms with E-state index in [4.69, 9.17) is 0 Å². The topological polar surface area (TPSA) is 58.4 Å². The zero-order valence-corrected chi connectivity index (χ0v) is 14.8. The molecular weight excluding hydrogens is 316 g/mol. The highest BCUT2D eigenvalue weighted by molar-refractivity contribution is 5.75. The number of carbonyl (C=O) groups excluding carboxylic acids is 1. The molecule has 1 aromatic carbocycles. The highest BCUT2D eigenvalue weighted by Crippen LogP contribution is 2.14. The van der Waals surface area contributed by atoms with E-state index in [1.54, 1.807) is 12.1 Å². The van der Waals surface area contributed by atoms with Gasteiger partial charge in [-0.05, 0) is 31.5 Å². The molecule has 6 nitrogen and oxygen atoms in total. The third-order valence-electron chi connectivity index (χ3n) is 4.54. The van der Waals surface area contributed by atoms with Gasteiger partial charge in [-0.3, -0.25) is 9.59 Å². The van der Waals surface area contributed by atoms with Crippen molar-refractivity contribution in [1.29, 1.82) is 0 Å². The SMILES string of the molecule is CCC(=O)N1CCCN(c2ccc(=O)n(-c3ccc(C)cc3)n2)CC1. The lowest BCUT2D eigenvalue weighted by molar-refractivity contribution is -0.130. The fourth-order valence-electron chi connectivity index (χ4n) is 3.06. The monoisotopic (exact) mass is 340 g/mol. The average Bonchev–Trinajstić information content (AvgIpc) is 2.88. The Balaban J connectivity index is 1.83. The summed E-state index contributed by atoms with van der Waals surface area (Å²) in [5, 5.41) is 4.55. The molecule has 1 saturated heterocycles. The van der Waals surface area contributed by atoms with Crippen molar-refractivity contribution in [3.8, 4) is 5.69 Å². The maximum absolute atomic E-state index is 12.2. The van der Waals surface area contributed by atoms with Gasteiger partial charge in [0.15, 0.2) is 0 Å². The third-order valence-corrected chi connectivity index (χ3v) is 4.54. The summed E-state index contributed by atoms with van der Waals surface area (Å²) in [5.74, 6) is 0.963. The molecule has 0 bridgehead atoms. The van der Waals surface area contributed by atoms with Crippen LogP contribution in [0.3, 0.4) is 0 Å². The van der Waals surface area contributed by atoms with Crippen molar-refractivity contribution in [2.24, 2.45) is 0 Å². The summed E-state index contributed by atoms with van der Waals surface area (Å²) in [5.41, 5.74) is 1.75. The summed E-state index contributed by atoms with van der Waals surface area (Å²) in [6.45, 7) is 6.93. The van der Waals surface area contributed by atoms with E-state index in [2.05, 4.69) is 10.00 Å². The first-order valence-electron chi connectivity index (χ1n) is 8.78. The molecule has 25 heavy (non-hydrogen) atoms. The van der Waals surface area contributed by atoms with Crippen LogP contribution in [0, 0.1) is 6.92 Å². The number of aromatic nitrogens is 2. The maximum Gasteiger partial charge on any atom is 0.271 e. The molecule has 0 aliphatic carbocycles. The number of aryl methyl sites for hydroxylation is 1. The van der Waals surface area contributed by atoms with Crippen LogP contribution in [0.2, 0.25) is 0 Å². The summed E-state index contributed by atoms with van der Waals surface area (Å²) >= 11 is 0. The van der Waals surface area contributed by atoms with Crippen LogP contribution in [0.15, 0.2) is 41.2 Å². The smallest absolute Gasteiger partial charge is 0.271 e. The van der Waals surface area contributed by atoms with Crippen molar-refractivity contribution < 1.29 is 4.79 Å². The van der Waals surface area contributed by atoms with E-state index in [0.29, 0.717) is 13.0 Å². The molecule has 0 unspecified atom stereocenters. The van der Waals surface area contributed by atoms with Gasteiger partial charge in [-0.1, -0.05) is 24.6 Å². The zero-order chi connectivity index (χ0) is 17.8. The van der Waals surface area contributed by atoms with Crippen LogP contribution in [0.5, 0.6) is 0 Å². The lowest BCUT2D eigenvalue weighted by atomic mass is 10.2. The molecule has 0 atom stereocenters. The average molecular weight is 340 g/mol. The van der Waals surface area contributed by atoms with Crippen molar-refractivity contribution in [3.63, 3.8) is 0 Å². The van der Waals surface area contributed by atoms with Gasteiger partial charge in [0.2, 0.25) is 5.91 Å². The van der Waals surface area contributed by atoms with Gasteiger partial charge in [0, 0.05) is 38.7 Å². The van der Waals surface area contributed by atoms with Gasteiger partial charge < -0.3 is 9.80 Å². The Morgan fingerprint density at radius 3 is 2.52 bits per heavy atom. The van der Waals surface area contributed by atoms with Crippen molar-refractivity contribution in [2.75, 3.05) is 31.1 Å². The Hall–Kier alpha value is -2.63. The first kappa shape index (κ1) is 17.2. The van der Waals surface area contributed by atoms with Crippen molar-refractivity contribution in [1.82, 2.24) is 14.7 Å². The molecule has 0 radical (unpaired) electrons. The molecule has 1 fully saturated rings. The van der Waals surface area contributed by atoms with Crippen LogP contribution >= 0.6 is 0 Å². The van der Waals surface area contributed by atoms with Gasteiger partial charge in [-0.2, -0.15) is 4.68 Å². The number of anilines is 1. The summed E-state index contributed by atoms with van der Waals surface area (Å²) in [6.07, 6.45) is 1.44. The zero-order valence-electron chi connectivity index (χ0n) is 14.8. The van der Waals surface area contributed by atoms with E-state index < -0.39 is 0 Å². The van der Waals surface area contributed by atoms with E-state index in [1.807, 2.05) is 43.0 Å². The number of carbonyl (C=O) groups is 1. The predicted octanol–water partition coefficient (Wildman–Crippen LogP) is 1.99. The number of hydrogen-bond donors (Lipinski definition) is 0. The van der Waals surface area contributed by atoms with Crippen molar-refractivity contribution in [3.05, 3.63) is 52.3 Å². The minimum absolute atomic E-state index is 0.148. The summed E-state index contributed by atoms with van der Waals surface area (Å²) in [4.78, 5) is 28.2. The lowest BCUT2D eigenvalue weighted by Gasteiger charge is -2.23. The molecule has 3 rings (SSSR count). The van der Waals surface area contributed by atoms with Crippen LogP contribution in [-0.2, 0) is 4.79 Å². The van der Waals surface area contributed by atoms with Gasteiger partial charge in [0.25, 0.3) is 5.56 Å². The Labute approximate surface area is 147 Å². The number of nitrogens with zero attached hydrogens (tertiary/aromatic N) is 4. The van der Waals surface area contributed by atoms with Gasteiger partial charge in [-0.15, -0.1) is 5.10 Å². The Morgan fingerprint density at radius 2 is 1.80 bits per heavy atom. The summed E-state index contributed by atoms with van der Waals surface area (Å²) in [6, 6.07) is 11.1. The second-order valence-corrected chi connectivity index (χ2v) is 6.35. The molecule has 132 valence electrons. The molecule has 6 heteroatoms. The minimum atomic E-state index is -0.148. The summed E-state index contributed by atoms with van der Waals surface area (Å²) in [7, 11) is 0. The fraction of sp³-hybridized carbons (Fsp3) is 0.421. The highest BCUT2D eigenvalue weighted by Gasteiger charge is 2.19. The highest BCUT2D eigenvalue weighted by atomic mass is 16.2. The van der Waals surface area contributed by atoms with Gasteiger partial charge in [-0.25, -0.2) is 0 Å². The largest absolute Gasteiger partial charge is 0.353 e. The van der Waals surface area contributed by atoms with Crippen LogP contribution in [0.1, 0.15) is 25.3 Å². The van der Waals surface area contributed by atoms with Gasteiger partial charge in [0.05, 0.1) is 5.69 Å². The van der Waals surface area contributed by atoms with E-state index in [1.165, 1.54) is 4.68 Å². The molecule has 1 amide bonds. The van der Waals surface area contributed by atoms with Crippen molar-refractivity contribution >= 4 is 11.7 Å². The third kappa shape index (κ3) is 3.90. The molecule has 2 heterocycles. The van der Waals surface area contributed by atoms with Crippen molar-refractivity contribution in [2.45, 2.75) is 26.7 Å². The molecule has 1 aliphatic heterocycles. The Kier molecular flexibility index (Phi) is 5.16. The maximum atomic E-state index is 12.2. The second-order valence-electron chi connectivity index (χ2n) is 6.35. The first-order chi connectivity index (χ1) is 12.1. The molecule has 0 spiro atoms. The van der Waals surface area contributed by atoms with E-state index in [9.17, 15) is 9.59 Å². The Morgan fingerprint density at radius 1 is 1.04 bits per heavy atom. The number of benzene rings is 1. The second kappa shape index (κ2) is 7.51. The molecule has 0 saturated carbocycles. The predicted molar refractivity (Wildman–Crippen MR) is 98.3 cm³/mol. The minimum Gasteiger partial charge on any atom is -0.353 e. The van der Waals surface area contributed by atoms with Gasteiger partial charge in [0.1, 0.15) is 5.82 Å². The lowest BCUT2D eigenvalue weighted by Crippen LogP contribution is -2.35. The van der Waals surface area contributed by atoms with Crippen LogP contribution in [0.4, 0.5) is 5.82 Å². The normalized spacial score (nSPS) is 15.1. The molecule has 2 aromatic rings. The molecule has 1 aromatic heterocycles. The summed E-state index contributed by atoms with van der Waals surface area (Å²) < 4.78 is 1.44. The number of rotatable bonds is 3. The van der Waals surface area contributed by atoms with Crippen LogP contribution < -0.4 is 10.5 Å². The van der Waals surface area contributed by atoms with E-state index in [0.717, 1.165) is 43.1 Å².